The lowest BCUT2D eigenvalue weighted by molar-refractivity contribution is 0.820. The van der Waals surface area contributed by atoms with Gasteiger partial charge in [0.1, 0.15) is 5.82 Å². The fourth-order valence-electron chi connectivity index (χ4n) is 2.17. The number of nitrogens with one attached hydrogen (secondary N) is 1. The van der Waals surface area contributed by atoms with Gasteiger partial charge in [-0.2, -0.15) is 14.9 Å². The average Bonchev–Trinajstić information content (AvgIpc) is 3.12. The van der Waals surface area contributed by atoms with Crippen molar-refractivity contribution in [1.29, 1.82) is 0 Å². The first-order valence-electron chi connectivity index (χ1n) is 6.35. The van der Waals surface area contributed by atoms with Crippen molar-refractivity contribution in [3.63, 3.8) is 0 Å². The summed E-state index contributed by atoms with van der Waals surface area (Å²) in [5.41, 5.74) is 3.25. The Kier molecular flexibility index (Phi) is 3.56. The summed E-state index contributed by atoms with van der Waals surface area (Å²) in [6.07, 6.45) is 3.60. The Hall–Kier alpha value is -2.06. The monoisotopic (exact) mass is 318 g/mol. The highest BCUT2D eigenvalue weighted by Gasteiger charge is 2.11. The summed E-state index contributed by atoms with van der Waals surface area (Å²) in [5.74, 6) is 0.727. The van der Waals surface area contributed by atoms with E-state index in [4.69, 9.17) is 12.2 Å². The average molecular weight is 318 g/mol. The van der Waals surface area contributed by atoms with Crippen LogP contribution in [-0.4, -0.2) is 30.6 Å². The number of aromatic amines is 1. The van der Waals surface area contributed by atoms with E-state index in [9.17, 15) is 0 Å². The van der Waals surface area contributed by atoms with Crippen LogP contribution in [0.4, 0.5) is 0 Å². The molecule has 0 aliphatic heterocycles. The smallest absolute Gasteiger partial charge is 0.216 e. The second-order valence-electron chi connectivity index (χ2n) is 4.61. The molecule has 0 amide bonds. The predicted molar refractivity (Wildman–Crippen MR) is 86.1 cm³/mol. The number of aryl methyl sites for hydroxylation is 2. The molecule has 0 bridgehead atoms. The number of H-pyrrole nitrogens is 1. The van der Waals surface area contributed by atoms with Crippen molar-refractivity contribution in [2.24, 2.45) is 5.10 Å². The van der Waals surface area contributed by atoms with Crippen molar-refractivity contribution in [3.05, 3.63) is 45.2 Å². The molecule has 3 aromatic heterocycles. The lowest BCUT2D eigenvalue weighted by atomic mass is 10.3. The Morgan fingerprint density at radius 2 is 2.19 bits per heavy atom. The molecular weight excluding hydrogens is 304 g/mol. The first kappa shape index (κ1) is 13.9. The zero-order chi connectivity index (χ0) is 15.0. The molecule has 0 spiro atoms. The maximum absolute atomic E-state index is 5.13. The topological polar surface area (TPSA) is 63.8 Å². The largest absolute Gasteiger partial charge is 0.294 e. The summed E-state index contributed by atoms with van der Waals surface area (Å²) < 4.78 is 4.20. The summed E-state index contributed by atoms with van der Waals surface area (Å²) in [5, 5.41) is 14.1. The maximum atomic E-state index is 5.13. The van der Waals surface area contributed by atoms with Crippen LogP contribution in [-0.2, 0) is 0 Å². The van der Waals surface area contributed by atoms with Gasteiger partial charge in [0.05, 0.1) is 6.21 Å². The standard InChI is InChI=1S/C13H14N6S2/c1-8-6-11(7-15-19-10(3)16-17-12(19)20)9(2)18(8)13-14-4-5-21-13/h4-7H,1-3H3,(H,17,20)/b15-7-. The van der Waals surface area contributed by atoms with E-state index in [1.54, 1.807) is 28.4 Å². The minimum atomic E-state index is 0.484. The van der Waals surface area contributed by atoms with E-state index in [0.29, 0.717) is 4.77 Å². The van der Waals surface area contributed by atoms with Gasteiger partial charge in [-0.1, -0.05) is 0 Å². The summed E-state index contributed by atoms with van der Waals surface area (Å²) in [4.78, 5) is 4.36. The second-order valence-corrected chi connectivity index (χ2v) is 5.87. The summed E-state index contributed by atoms with van der Waals surface area (Å²) >= 11 is 6.74. The molecule has 6 nitrogen and oxygen atoms in total. The SMILES string of the molecule is Cc1cc(/C=N\n2c(C)n[nH]c2=S)c(C)n1-c1nccs1. The van der Waals surface area contributed by atoms with E-state index in [-0.39, 0.29) is 0 Å². The molecule has 0 atom stereocenters. The van der Waals surface area contributed by atoms with Gasteiger partial charge >= 0.3 is 0 Å². The van der Waals surface area contributed by atoms with Crippen LogP contribution in [0.2, 0.25) is 0 Å². The highest BCUT2D eigenvalue weighted by atomic mass is 32.1. The predicted octanol–water partition coefficient (Wildman–Crippen LogP) is 3.00. The number of rotatable bonds is 3. The molecule has 0 aliphatic rings. The van der Waals surface area contributed by atoms with E-state index in [1.807, 2.05) is 12.3 Å². The van der Waals surface area contributed by atoms with Crippen LogP contribution in [0, 0.1) is 25.5 Å². The first-order chi connectivity index (χ1) is 10.1. The minimum absolute atomic E-state index is 0.484. The first-order valence-corrected chi connectivity index (χ1v) is 7.64. The van der Waals surface area contributed by atoms with Gasteiger partial charge in [0.25, 0.3) is 0 Å². The van der Waals surface area contributed by atoms with Gasteiger partial charge in [-0.25, -0.2) is 4.98 Å². The normalized spacial score (nSPS) is 11.6. The third-order valence-electron chi connectivity index (χ3n) is 3.21. The van der Waals surface area contributed by atoms with Gasteiger partial charge in [-0.3, -0.25) is 9.67 Å². The molecule has 0 saturated carbocycles. The van der Waals surface area contributed by atoms with Gasteiger partial charge in [0, 0.05) is 28.5 Å². The fraction of sp³-hybridized carbons (Fsp3) is 0.231. The van der Waals surface area contributed by atoms with Crippen LogP contribution < -0.4 is 0 Å². The molecule has 3 rings (SSSR count). The Labute approximate surface area is 130 Å². The number of thiazole rings is 1. The van der Waals surface area contributed by atoms with E-state index < -0.39 is 0 Å². The van der Waals surface area contributed by atoms with E-state index in [2.05, 4.69) is 44.8 Å². The van der Waals surface area contributed by atoms with Gasteiger partial charge in [0.15, 0.2) is 5.13 Å². The van der Waals surface area contributed by atoms with Crippen LogP contribution >= 0.6 is 23.6 Å². The van der Waals surface area contributed by atoms with Gasteiger partial charge in [0.2, 0.25) is 4.77 Å². The minimum Gasteiger partial charge on any atom is -0.294 e. The van der Waals surface area contributed by atoms with Crippen LogP contribution in [0.3, 0.4) is 0 Å². The van der Waals surface area contributed by atoms with E-state index in [0.717, 1.165) is 27.9 Å². The lowest BCUT2D eigenvalue weighted by Crippen LogP contribution is -1.99. The van der Waals surface area contributed by atoms with Gasteiger partial charge < -0.3 is 0 Å². The third kappa shape index (κ3) is 2.47. The fourth-order valence-corrected chi connectivity index (χ4v) is 3.14. The van der Waals surface area contributed by atoms with Crippen molar-refractivity contribution in [1.82, 2.24) is 24.4 Å². The van der Waals surface area contributed by atoms with Crippen LogP contribution in [0.1, 0.15) is 22.8 Å². The molecular formula is C13H14N6S2. The summed E-state index contributed by atoms with van der Waals surface area (Å²) in [7, 11) is 0. The van der Waals surface area contributed by atoms with Crippen molar-refractivity contribution >= 4 is 29.8 Å². The lowest BCUT2D eigenvalue weighted by Gasteiger charge is -2.04. The van der Waals surface area contributed by atoms with E-state index >= 15 is 0 Å². The second kappa shape index (κ2) is 5.38. The number of hydrogen-bond donors (Lipinski definition) is 1. The molecule has 3 aromatic rings. The van der Waals surface area contributed by atoms with Crippen LogP contribution in [0.15, 0.2) is 22.7 Å². The quantitative estimate of drug-likeness (QED) is 0.596. The highest BCUT2D eigenvalue weighted by molar-refractivity contribution is 7.71. The Morgan fingerprint density at radius 3 is 2.81 bits per heavy atom. The Balaban J connectivity index is 2.02. The number of nitrogens with zero attached hydrogens (tertiary/aromatic N) is 5. The number of aromatic nitrogens is 5. The van der Waals surface area contributed by atoms with Crippen LogP contribution in [0.5, 0.6) is 0 Å². The van der Waals surface area contributed by atoms with Crippen molar-refractivity contribution in [2.75, 3.05) is 0 Å². The van der Waals surface area contributed by atoms with E-state index in [1.165, 1.54) is 0 Å². The molecule has 0 unspecified atom stereocenters. The molecule has 8 heteroatoms. The molecule has 108 valence electrons. The Morgan fingerprint density at radius 1 is 1.38 bits per heavy atom. The molecule has 0 fully saturated rings. The van der Waals surface area contributed by atoms with Crippen molar-refractivity contribution in [2.45, 2.75) is 20.8 Å². The van der Waals surface area contributed by atoms with Crippen LogP contribution in [0.25, 0.3) is 5.13 Å². The molecule has 21 heavy (non-hydrogen) atoms. The molecule has 3 heterocycles. The molecule has 0 aromatic carbocycles. The summed E-state index contributed by atoms with van der Waals surface area (Å²) in [6, 6.07) is 2.08. The zero-order valence-electron chi connectivity index (χ0n) is 11.9. The molecule has 0 saturated heterocycles. The van der Waals surface area contributed by atoms with Crippen molar-refractivity contribution < 1.29 is 0 Å². The Bertz CT molecular complexity index is 850. The highest BCUT2D eigenvalue weighted by Crippen LogP contribution is 2.21. The van der Waals surface area contributed by atoms with Crippen molar-refractivity contribution in [3.8, 4) is 5.13 Å². The molecule has 1 N–H and O–H groups in total. The number of hydrogen-bond acceptors (Lipinski definition) is 5. The third-order valence-corrected chi connectivity index (χ3v) is 4.23. The summed E-state index contributed by atoms with van der Waals surface area (Å²) in [6.45, 7) is 5.96. The maximum Gasteiger partial charge on any atom is 0.216 e. The zero-order valence-corrected chi connectivity index (χ0v) is 13.5. The van der Waals surface area contributed by atoms with Gasteiger partial charge in [-0.15, -0.1) is 11.3 Å². The molecule has 0 aliphatic carbocycles. The van der Waals surface area contributed by atoms with Gasteiger partial charge in [-0.05, 0) is 39.1 Å². The molecule has 0 radical (unpaired) electrons.